The van der Waals surface area contributed by atoms with E-state index in [1.54, 1.807) is 4.90 Å². The van der Waals surface area contributed by atoms with Crippen molar-refractivity contribution in [1.82, 2.24) is 50.6 Å². The summed E-state index contributed by atoms with van der Waals surface area (Å²) in [5.41, 5.74) is 1.46. The standard InChI is InChI=1S/C23H22F3N5O3.C19H18F3N5O.C2H3ClO/c1-15(32)30-12-22(13-30,34-16(2)33)14-31-28-21(27-29-31)20-6-4-3-5-18(20)11-17-7-9-19(10-8-17)23(24,25)26;20-19(21,22)15-7-5-13(6-8-15)9-14-3-1-2-4-16(14)17-24-26-27(25-17)12-18(28)10-23-11-18;1-2(3)4/h3-10H,11-14H2,1-2H3;1-8,23,28H,9-12H2;1H3. The van der Waals surface area contributed by atoms with Gasteiger partial charge in [0.25, 0.3) is 0 Å². The molecule has 2 fully saturated rings. The molecule has 4 heterocycles. The number of aliphatic hydroxyl groups is 1. The predicted molar refractivity (Wildman–Crippen MR) is 226 cm³/mol. The van der Waals surface area contributed by atoms with Crippen molar-refractivity contribution >= 4 is 28.7 Å². The van der Waals surface area contributed by atoms with Gasteiger partial charge < -0.3 is 20.1 Å². The van der Waals surface area contributed by atoms with Gasteiger partial charge in [0.1, 0.15) is 12.1 Å². The normalized spacial score (nSPS) is 14.9. The minimum atomic E-state index is -4.38. The molecule has 0 aliphatic carbocycles. The van der Waals surface area contributed by atoms with Gasteiger partial charge in [-0.2, -0.15) is 35.9 Å². The van der Waals surface area contributed by atoms with Crippen molar-refractivity contribution in [2.45, 2.75) is 70.3 Å². The van der Waals surface area contributed by atoms with E-state index in [4.69, 9.17) is 4.74 Å². The van der Waals surface area contributed by atoms with E-state index in [-0.39, 0.29) is 37.3 Å². The van der Waals surface area contributed by atoms with Gasteiger partial charge >= 0.3 is 18.3 Å². The van der Waals surface area contributed by atoms with Gasteiger partial charge in [-0.3, -0.25) is 14.4 Å². The zero-order valence-electron chi connectivity index (χ0n) is 35.6. The Balaban J connectivity index is 0.000000205. The Morgan fingerprint density at radius 3 is 1.45 bits per heavy atom. The van der Waals surface area contributed by atoms with Crippen LogP contribution < -0.4 is 5.32 Å². The number of aromatic nitrogens is 8. The van der Waals surface area contributed by atoms with Gasteiger partial charge in [0.2, 0.25) is 22.8 Å². The molecule has 6 aromatic rings. The molecule has 0 spiro atoms. The molecule has 0 radical (unpaired) electrons. The van der Waals surface area contributed by atoms with E-state index < -0.39 is 40.7 Å². The topological polar surface area (TPSA) is 183 Å². The second kappa shape index (κ2) is 20.3. The van der Waals surface area contributed by atoms with Crippen molar-refractivity contribution in [3.63, 3.8) is 0 Å². The van der Waals surface area contributed by atoms with Gasteiger partial charge in [-0.15, -0.1) is 20.4 Å². The van der Waals surface area contributed by atoms with E-state index in [2.05, 4.69) is 47.7 Å². The highest BCUT2D eigenvalue weighted by Crippen LogP contribution is 2.32. The number of halogens is 7. The molecular formula is C44H43ClF6N10O5. The summed E-state index contributed by atoms with van der Waals surface area (Å²) in [6.45, 7) is 5.85. The maximum atomic E-state index is 12.8. The molecule has 2 aromatic heterocycles. The molecule has 2 N–H and O–H groups in total. The first-order valence-corrected chi connectivity index (χ1v) is 20.6. The molecule has 0 saturated carbocycles. The summed E-state index contributed by atoms with van der Waals surface area (Å²) in [5, 5.41) is 37.9. The number of rotatable bonds is 11. The number of ether oxygens (including phenoxy) is 1. The largest absolute Gasteiger partial charge is 0.453 e. The van der Waals surface area contributed by atoms with E-state index in [0.717, 1.165) is 46.5 Å². The first-order chi connectivity index (χ1) is 31.1. The number of benzene rings is 4. The monoisotopic (exact) mass is 940 g/mol. The number of nitrogens with zero attached hydrogens (tertiary/aromatic N) is 9. The Kier molecular flexibility index (Phi) is 15.0. The maximum Gasteiger partial charge on any atom is 0.416 e. The average Bonchev–Trinajstić information content (AvgIpc) is 3.89. The molecule has 22 heteroatoms. The molecule has 1 amide bonds. The number of likely N-dealkylation sites (tertiary alicyclic amines) is 1. The van der Waals surface area contributed by atoms with E-state index in [1.165, 1.54) is 54.6 Å². The van der Waals surface area contributed by atoms with Crippen LogP contribution in [0.25, 0.3) is 22.8 Å². The highest BCUT2D eigenvalue weighted by atomic mass is 35.5. The number of nitrogens with one attached hydrogen (secondary N) is 1. The predicted octanol–water partition coefficient (Wildman–Crippen LogP) is 6.17. The molecule has 0 atom stereocenters. The molecule has 8 rings (SSSR count). The summed E-state index contributed by atoms with van der Waals surface area (Å²) in [7, 11) is 0. The van der Waals surface area contributed by atoms with Crippen LogP contribution in [-0.4, -0.2) is 105 Å². The van der Waals surface area contributed by atoms with E-state index >= 15 is 0 Å². The first kappa shape index (κ1) is 48.9. The van der Waals surface area contributed by atoms with Gasteiger partial charge in [0, 0.05) is 45.0 Å². The van der Waals surface area contributed by atoms with Gasteiger partial charge in [-0.05, 0) is 81.4 Å². The van der Waals surface area contributed by atoms with Crippen molar-refractivity contribution in [3.05, 3.63) is 130 Å². The second-order valence-corrected chi connectivity index (χ2v) is 16.3. The van der Waals surface area contributed by atoms with Crippen molar-refractivity contribution < 1.29 is 50.6 Å². The highest BCUT2D eigenvalue weighted by molar-refractivity contribution is 6.62. The minimum absolute atomic E-state index is 0.118. The van der Waals surface area contributed by atoms with Crippen LogP contribution in [0.2, 0.25) is 0 Å². The van der Waals surface area contributed by atoms with Crippen LogP contribution in [-0.2, 0) is 57.4 Å². The maximum absolute atomic E-state index is 12.8. The number of hydrogen-bond acceptors (Lipinski definition) is 12. The number of β-amino-alcohol motifs (C(OH)–C–C–N with tert-alkyl or cyclic N) is 1. The molecule has 2 aliphatic heterocycles. The lowest BCUT2D eigenvalue weighted by Gasteiger charge is -2.47. The fraction of sp³-hybridized carbons (Fsp3) is 0.341. The quantitative estimate of drug-likeness (QED) is 0.0858. The number of esters is 1. The number of alkyl halides is 6. The van der Waals surface area contributed by atoms with Gasteiger partial charge in [0.05, 0.1) is 30.8 Å². The van der Waals surface area contributed by atoms with Crippen LogP contribution in [0.1, 0.15) is 54.2 Å². The molecule has 2 aliphatic rings. The number of hydrogen-bond donors (Lipinski definition) is 2. The van der Waals surface area contributed by atoms with Gasteiger partial charge in [0.15, 0.2) is 5.60 Å². The Labute approximate surface area is 378 Å². The third-order valence-corrected chi connectivity index (χ3v) is 10.3. The van der Waals surface area contributed by atoms with Crippen LogP contribution in [0, 0.1) is 0 Å². The first-order valence-electron chi connectivity index (χ1n) is 20.2. The van der Waals surface area contributed by atoms with Crippen molar-refractivity contribution in [1.29, 1.82) is 0 Å². The number of amides is 1. The Morgan fingerprint density at radius 1 is 0.682 bits per heavy atom. The van der Waals surface area contributed by atoms with Crippen LogP contribution in [0.4, 0.5) is 26.3 Å². The van der Waals surface area contributed by atoms with E-state index in [9.17, 15) is 45.8 Å². The second-order valence-electron chi connectivity index (χ2n) is 15.8. The lowest BCUT2D eigenvalue weighted by Crippen LogP contribution is -2.66. The van der Waals surface area contributed by atoms with E-state index in [0.29, 0.717) is 48.7 Å². The van der Waals surface area contributed by atoms with Crippen LogP contribution in [0.15, 0.2) is 97.1 Å². The summed E-state index contributed by atoms with van der Waals surface area (Å²) in [6.07, 6.45) is -7.91. The molecule has 348 valence electrons. The number of carbonyl (C=O) groups excluding carboxylic acids is 3. The zero-order chi connectivity index (χ0) is 47.9. The highest BCUT2D eigenvalue weighted by Gasteiger charge is 2.48. The summed E-state index contributed by atoms with van der Waals surface area (Å²) < 4.78 is 82.2. The molecule has 0 bridgehead atoms. The summed E-state index contributed by atoms with van der Waals surface area (Å²) in [5.74, 6) is 0.166. The Hall–Kier alpha value is -6.58. The third kappa shape index (κ3) is 13.0. The fourth-order valence-electron chi connectivity index (χ4n) is 7.10. The SMILES string of the molecule is CC(=O)Cl.CC(=O)OC1(Cn2nnc(-c3ccccc3Cc3ccc(C(F)(F)F)cc3)n2)CN(C(C)=O)C1.OC1(Cn2nnc(-c3ccccc3Cc3ccc(C(F)(F)F)cc3)n2)CNC1. The van der Waals surface area contributed by atoms with Crippen molar-refractivity contribution in [2.24, 2.45) is 0 Å². The van der Waals surface area contributed by atoms with Crippen LogP contribution in [0.5, 0.6) is 0 Å². The lowest BCUT2D eigenvalue weighted by molar-refractivity contribution is -0.187. The van der Waals surface area contributed by atoms with Gasteiger partial charge in [-0.25, -0.2) is 0 Å². The van der Waals surface area contributed by atoms with Crippen LogP contribution >= 0.6 is 11.6 Å². The zero-order valence-corrected chi connectivity index (χ0v) is 36.4. The minimum Gasteiger partial charge on any atom is -0.453 e. The molecular weight excluding hydrogens is 898 g/mol. The smallest absolute Gasteiger partial charge is 0.416 e. The third-order valence-electron chi connectivity index (χ3n) is 10.3. The molecule has 66 heavy (non-hydrogen) atoms. The molecule has 0 unspecified atom stereocenters. The number of tetrazole rings is 2. The van der Waals surface area contributed by atoms with Crippen molar-refractivity contribution in [2.75, 3.05) is 26.2 Å². The van der Waals surface area contributed by atoms with Gasteiger partial charge in [-0.1, -0.05) is 72.8 Å². The lowest BCUT2D eigenvalue weighted by atomic mass is 9.93. The van der Waals surface area contributed by atoms with Crippen molar-refractivity contribution in [3.8, 4) is 22.8 Å². The summed E-state index contributed by atoms with van der Waals surface area (Å²) >= 11 is 4.64. The Morgan fingerprint density at radius 2 is 1.09 bits per heavy atom. The fourth-order valence-corrected chi connectivity index (χ4v) is 7.10. The Bertz CT molecular complexity index is 2620. The number of carbonyl (C=O) groups is 3. The summed E-state index contributed by atoms with van der Waals surface area (Å²) in [6, 6.07) is 24.9. The molecule has 2 saturated heterocycles. The molecule has 4 aromatic carbocycles. The summed E-state index contributed by atoms with van der Waals surface area (Å²) in [4.78, 5) is 36.6. The van der Waals surface area contributed by atoms with Crippen LogP contribution in [0.3, 0.4) is 0 Å². The average molecular weight is 941 g/mol. The van der Waals surface area contributed by atoms with E-state index in [1.807, 2.05) is 48.5 Å². The molecule has 15 nitrogen and oxygen atoms in total.